The minimum absolute atomic E-state index is 0.356. The second kappa shape index (κ2) is 6.68. The summed E-state index contributed by atoms with van der Waals surface area (Å²) in [6, 6.07) is 0. The van der Waals surface area contributed by atoms with Gasteiger partial charge in [0.1, 0.15) is 0 Å². The Morgan fingerprint density at radius 3 is 2.64 bits per heavy atom. The van der Waals surface area contributed by atoms with Crippen molar-refractivity contribution in [1.29, 1.82) is 0 Å². The molecule has 0 aliphatic heterocycles. The monoisotopic (exact) mass is 218 g/mol. The second-order valence-electron chi connectivity index (χ2n) is 4.62. The summed E-state index contributed by atoms with van der Waals surface area (Å²) < 4.78 is 5.58. The third kappa shape index (κ3) is 4.65. The number of halogens is 1. The summed E-state index contributed by atoms with van der Waals surface area (Å²) in [4.78, 5) is 0. The van der Waals surface area contributed by atoms with Crippen LogP contribution in [0.3, 0.4) is 0 Å². The van der Waals surface area contributed by atoms with Crippen molar-refractivity contribution < 1.29 is 4.74 Å². The molecule has 0 bridgehead atoms. The van der Waals surface area contributed by atoms with Gasteiger partial charge in [0.15, 0.2) is 0 Å². The van der Waals surface area contributed by atoms with Crippen molar-refractivity contribution in [2.45, 2.75) is 63.9 Å². The van der Waals surface area contributed by atoms with Gasteiger partial charge in [-0.15, -0.1) is 11.6 Å². The molecule has 0 spiro atoms. The molecule has 2 atom stereocenters. The van der Waals surface area contributed by atoms with Gasteiger partial charge in [-0.2, -0.15) is 0 Å². The Morgan fingerprint density at radius 2 is 1.93 bits per heavy atom. The normalized spacial score (nSPS) is 29.1. The highest BCUT2D eigenvalue weighted by molar-refractivity contribution is 6.20. The molecule has 0 N–H and O–H groups in total. The predicted octanol–water partition coefficient (Wildman–Crippen LogP) is 3.99. The highest BCUT2D eigenvalue weighted by Crippen LogP contribution is 2.29. The maximum Gasteiger partial charge on any atom is 0.0518 e. The molecule has 0 aromatic heterocycles. The second-order valence-corrected chi connectivity index (χ2v) is 5.18. The van der Waals surface area contributed by atoms with Crippen molar-refractivity contribution in [3.63, 3.8) is 0 Å². The summed E-state index contributed by atoms with van der Waals surface area (Å²) in [7, 11) is 0. The van der Waals surface area contributed by atoms with Crippen LogP contribution in [-0.4, -0.2) is 18.1 Å². The largest absolute Gasteiger partial charge is 0.379 e. The number of alkyl halides is 1. The van der Waals surface area contributed by atoms with E-state index in [-0.39, 0.29) is 0 Å². The van der Waals surface area contributed by atoms with Gasteiger partial charge >= 0.3 is 0 Å². The molecule has 14 heavy (non-hydrogen) atoms. The molecule has 0 saturated heterocycles. The van der Waals surface area contributed by atoms with E-state index < -0.39 is 0 Å². The zero-order valence-corrected chi connectivity index (χ0v) is 10.2. The van der Waals surface area contributed by atoms with Gasteiger partial charge in [0.25, 0.3) is 0 Å². The van der Waals surface area contributed by atoms with Crippen LogP contribution in [0.5, 0.6) is 0 Å². The Hall–Kier alpha value is 0.250. The minimum atomic E-state index is 0.356. The molecule has 1 rings (SSSR count). The van der Waals surface area contributed by atoms with Crippen LogP contribution in [0.1, 0.15) is 52.4 Å². The van der Waals surface area contributed by atoms with Gasteiger partial charge in [-0.25, -0.2) is 0 Å². The van der Waals surface area contributed by atoms with Crippen molar-refractivity contribution in [3.8, 4) is 0 Å². The molecule has 2 unspecified atom stereocenters. The number of rotatable bonds is 4. The zero-order valence-electron chi connectivity index (χ0n) is 9.47. The van der Waals surface area contributed by atoms with Crippen LogP contribution >= 0.6 is 11.6 Å². The van der Waals surface area contributed by atoms with Gasteiger partial charge in [0, 0.05) is 12.0 Å². The molecule has 0 radical (unpaired) electrons. The fraction of sp³-hybridized carbons (Fsp3) is 1.00. The highest BCUT2D eigenvalue weighted by Gasteiger charge is 2.21. The summed E-state index contributed by atoms with van der Waals surface area (Å²) in [5.41, 5.74) is 0. The highest BCUT2D eigenvalue weighted by atomic mass is 35.5. The average Bonchev–Trinajstić information content (AvgIpc) is 2.31. The molecular weight excluding hydrogens is 196 g/mol. The molecule has 2 heteroatoms. The summed E-state index contributed by atoms with van der Waals surface area (Å²) in [6.07, 6.45) is 8.04. The molecule has 1 saturated carbocycles. The Kier molecular flexibility index (Phi) is 5.88. The Labute approximate surface area is 93.2 Å². The summed E-state index contributed by atoms with van der Waals surface area (Å²) >= 11 is 6.35. The minimum Gasteiger partial charge on any atom is -0.379 e. The van der Waals surface area contributed by atoms with Crippen LogP contribution < -0.4 is 0 Å². The lowest BCUT2D eigenvalue weighted by atomic mass is 9.96. The van der Waals surface area contributed by atoms with E-state index in [4.69, 9.17) is 16.3 Å². The van der Waals surface area contributed by atoms with Crippen LogP contribution in [-0.2, 0) is 4.74 Å². The lowest BCUT2D eigenvalue weighted by Crippen LogP contribution is -2.17. The molecule has 0 aromatic carbocycles. The first-order valence-electron chi connectivity index (χ1n) is 5.96. The quantitative estimate of drug-likeness (QED) is 0.512. The molecule has 1 nitrogen and oxygen atoms in total. The first-order chi connectivity index (χ1) is 6.70. The van der Waals surface area contributed by atoms with Gasteiger partial charge in [0.2, 0.25) is 0 Å². The molecule has 1 aliphatic carbocycles. The molecular formula is C12H23ClO. The first kappa shape index (κ1) is 12.3. The van der Waals surface area contributed by atoms with Gasteiger partial charge < -0.3 is 4.74 Å². The van der Waals surface area contributed by atoms with Crippen molar-refractivity contribution in [2.75, 3.05) is 6.61 Å². The number of hydrogen-bond acceptors (Lipinski definition) is 1. The van der Waals surface area contributed by atoms with Crippen molar-refractivity contribution in [3.05, 3.63) is 0 Å². The molecule has 0 amide bonds. The molecule has 0 aromatic rings. The lowest BCUT2D eigenvalue weighted by Gasteiger charge is -2.19. The van der Waals surface area contributed by atoms with E-state index in [1.807, 2.05) is 0 Å². The standard InChI is InChI=1S/C12H23ClO/c1-10(2)14-9-8-11-6-4-3-5-7-12(11)13/h10-12H,3-9H2,1-2H3. The van der Waals surface area contributed by atoms with Gasteiger partial charge in [-0.05, 0) is 39.0 Å². The molecule has 1 aliphatic rings. The average molecular weight is 219 g/mol. The number of ether oxygens (including phenoxy) is 1. The fourth-order valence-electron chi connectivity index (χ4n) is 2.12. The van der Waals surface area contributed by atoms with E-state index >= 15 is 0 Å². The first-order valence-corrected chi connectivity index (χ1v) is 6.39. The van der Waals surface area contributed by atoms with E-state index in [1.165, 1.54) is 32.1 Å². The molecule has 1 fully saturated rings. The van der Waals surface area contributed by atoms with Crippen molar-refractivity contribution in [1.82, 2.24) is 0 Å². The molecule has 0 heterocycles. The maximum absolute atomic E-state index is 6.35. The summed E-state index contributed by atoms with van der Waals surface area (Å²) in [6.45, 7) is 5.06. The van der Waals surface area contributed by atoms with Gasteiger partial charge in [-0.1, -0.05) is 19.3 Å². The van der Waals surface area contributed by atoms with Crippen LogP contribution in [0, 0.1) is 5.92 Å². The number of hydrogen-bond donors (Lipinski definition) is 0. The summed E-state index contributed by atoms with van der Waals surface area (Å²) in [5, 5.41) is 0.397. The van der Waals surface area contributed by atoms with Crippen molar-refractivity contribution in [2.24, 2.45) is 5.92 Å². The SMILES string of the molecule is CC(C)OCCC1CCCCCC1Cl. The third-order valence-electron chi connectivity index (χ3n) is 3.01. The van der Waals surface area contributed by atoms with Crippen molar-refractivity contribution >= 4 is 11.6 Å². The van der Waals surface area contributed by atoms with E-state index in [0.717, 1.165) is 13.0 Å². The Balaban J connectivity index is 2.19. The predicted molar refractivity (Wildman–Crippen MR) is 61.9 cm³/mol. The van der Waals surface area contributed by atoms with Crippen LogP contribution in [0.25, 0.3) is 0 Å². The maximum atomic E-state index is 6.35. The van der Waals surface area contributed by atoms with Crippen LogP contribution in [0.15, 0.2) is 0 Å². The lowest BCUT2D eigenvalue weighted by molar-refractivity contribution is 0.0673. The van der Waals surface area contributed by atoms with Gasteiger partial charge in [0.05, 0.1) is 6.10 Å². The zero-order chi connectivity index (χ0) is 10.4. The smallest absolute Gasteiger partial charge is 0.0518 e. The topological polar surface area (TPSA) is 9.23 Å². The van der Waals surface area contributed by atoms with E-state index in [0.29, 0.717) is 17.4 Å². The van der Waals surface area contributed by atoms with E-state index in [1.54, 1.807) is 0 Å². The van der Waals surface area contributed by atoms with Gasteiger partial charge in [-0.3, -0.25) is 0 Å². The summed E-state index contributed by atoms with van der Waals surface area (Å²) in [5.74, 6) is 0.693. The third-order valence-corrected chi connectivity index (χ3v) is 3.58. The Bertz CT molecular complexity index is 147. The molecule has 84 valence electrons. The van der Waals surface area contributed by atoms with Crippen LogP contribution in [0.2, 0.25) is 0 Å². The Morgan fingerprint density at radius 1 is 1.21 bits per heavy atom. The van der Waals surface area contributed by atoms with E-state index in [9.17, 15) is 0 Å². The van der Waals surface area contributed by atoms with Crippen LogP contribution in [0.4, 0.5) is 0 Å². The van der Waals surface area contributed by atoms with E-state index in [2.05, 4.69) is 13.8 Å². The fourth-order valence-corrected chi connectivity index (χ4v) is 2.53.